The van der Waals surface area contributed by atoms with Gasteiger partial charge in [0.05, 0.1) is 26.9 Å². The molecule has 0 radical (unpaired) electrons. The van der Waals surface area contributed by atoms with E-state index in [0.29, 0.717) is 28.2 Å². The minimum atomic E-state index is -0.166. The molecule has 0 amide bonds. The number of carbonyl (C=O) groups is 1. The van der Waals surface area contributed by atoms with Crippen molar-refractivity contribution in [2.75, 3.05) is 58.7 Å². The minimum absolute atomic E-state index is 0.0158. The lowest BCUT2D eigenvalue weighted by Crippen LogP contribution is -2.47. The molecule has 3 rings (SSSR count). The second-order valence-electron chi connectivity index (χ2n) is 9.76. The first kappa shape index (κ1) is 28.7. The Kier molecular flexibility index (Phi) is 10.5. The third-order valence-electron chi connectivity index (χ3n) is 6.46. The molecule has 1 fully saturated rings. The van der Waals surface area contributed by atoms with E-state index in [1.165, 1.54) is 0 Å². The van der Waals surface area contributed by atoms with Crippen LogP contribution < -0.4 is 10.6 Å². The number of anilines is 1. The largest absolute Gasteiger partial charge is 0.378 e. The highest BCUT2D eigenvalue weighted by atomic mass is 35.5. The van der Waals surface area contributed by atoms with Gasteiger partial charge in [-0.25, -0.2) is 9.97 Å². The summed E-state index contributed by atoms with van der Waals surface area (Å²) in [4.78, 5) is 27.3. The first-order chi connectivity index (χ1) is 17.1. The van der Waals surface area contributed by atoms with Crippen LogP contribution in [0.3, 0.4) is 0 Å². The van der Waals surface area contributed by atoms with Crippen LogP contribution in [-0.4, -0.2) is 83.9 Å². The number of aryl methyl sites for hydroxylation is 1. The average Bonchev–Trinajstić information content (AvgIpc) is 3.24. The Morgan fingerprint density at radius 1 is 1.19 bits per heavy atom. The Balaban J connectivity index is 1.66. The smallest absolute Gasteiger partial charge is 0.144 e. The van der Waals surface area contributed by atoms with Crippen molar-refractivity contribution < 1.29 is 4.79 Å². The number of aromatic nitrogens is 2. The maximum absolute atomic E-state index is 12.7. The zero-order valence-electron chi connectivity index (χ0n) is 21.5. The van der Waals surface area contributed by atoms with E-state index in [0.717, 1.165) is 55.4 Å². The van der Waals surface area contributed by atoms with Gasteiger partial charge < -0.3 is 20.4 Å². The number of carbonyl (C=O) groups excluding carboxylic acids is 1. The molecule has 196 valence electrons. The molecule has 1 aliphatic heterocycles. The van der Waals surface area contributed by atoms with Crippen LogP contribution in [0.25, 0.3) is 0 Å². The van der Waals surface area contributed by atoms with Gasteiger partial charge in [-0.05, 0) is 58.2 Å². The second-order valence-corrected chi connectivity index (χ2v) is 11.0. The van der Waals surface area contributed by atoms with Gasteiger partial charge in [-0.3, -0.25) is 4.79 Å². The number of rotatable bonds is 12. The number of likely N-dealkylation sites (N-methyl/N-ethyl adjacent to an activating group) is 1. The van der Waals surface area contributed by atoms with Gasteiger partial charge >= 0.3 is 0 Å². The number of nitrogens with one attached hydrogen (secondary N) is 2. The molecule has 2 N–H and O–H groups in total. The highest BCUT2D eigenvalue weighted by molar-refractivity contribution is 7.80. The van der Waals surface area contributed by atoms with Crippen molar-refractivity contribution in [2.24, 2.45) is 5.41 Å². The van der Waals surface area contributed by atoms with Crippen molar-refractivity contribution in [3.05, 3.63) is 51.4 Å². The van der Waals surface area contributed by atoms with Crippen molar-refractivity contribution in [2.45, 2.75) is 33.1 Å². The quantitative estimate of drug-likeness (QED) is 0.383. The molecule has 1 aliphatic rings. The van der Waals surface area contributed by atoms with Gasteiger partial charge in [0.1, 0.15) is 17.4 Å². The minimum Gasteiger partial charge on any atom is -0.378 e. The number of hydrogen-bond donors (Lipinski definition) is 2. The van der Waals surface area contributed by atoms with Crippen LogP contribution in [0.5, 0.6) is 0 Å². The Labute approximate surface area is 230 Å². The summed E-state index contributed by atoms with van der Waals surface area (Å²) in [5.74, 6) is 1.23. The second kappa shape index (κ2) is 13.1. The highest BCUT2D eigenvalue weighted by Gasteiger charge is 2.41. The molecular formula is C26H36Cl2N6OS. The molecule has 0 saturated carbocycles. The van der Waals surface area contributed by atoms with Gasteiger partial charge in [-0.15, -0.1) is 0 Å². The number of benzene rings is 1. The Morgan fingerprint density at radius 2 is 1.97 bits per heavy atom. The van der Waals surface area contributed by atoms with E-state index in [2.05, 4.69) is 51.4 Å². The summed E-state index contributed by atoms with van der Waals surface area (Å²) in [6, 6.07) is 7.15. The summed E-state index contributed by atoms with van der Waals surface area (Å²) < 4.78 is 0. The van der Waals surface area contributed by atoms with Crippen molar-refractivity contribution >= 4 is 52.0 Å². The monoisotopic (exact) mass is 550 g/mol. The number of ketones is 1. The summed E-state index contributed by atoms with van der Waals surface area (Å²) in [6.07, 6.45) is 1.39. The maximum Gasteiger partial charge on any atom is 0.144 e. The van der Waals surface area contributed by atoms with Crippen LogP contribution in [0.4, 0.5) is 5.82 Å². The SMILES string of the molecule is CCN1CCC(CNc2cc(C)nc(CC(=O)Cc3ccc(Cl)c(Cl)c3)n2)(C(=S)NCCN(C)C)C1. The highest BCUT2D eigenvalue weighted by Crippen LogP contribution is 2.32. The number of likely N-dealkylation sites (tertiary alicyclic amines) is 1. The molecule has 1 aromatic carbocycles. The third-order valence-corrected chi connectivity index (χ3v) is 7.77. The van der Waals surface area contributed by atoms with Gasteiger partial charge in [0, 0.05) is 44.4 Å². The molecule has 0 spiro atoms. The molecule has 1 aromatic heterocycles. The van der Waals surface area contributed by atoms with Crippen LogP contribution in [0, 0.1) is 12.3 Å². The van der Waals surface area contributed by atoms with E-state index < -0.39 is 0 Å². The lowest BCUT2D eigenvalue weighted by atomic mass is 9.86. The number of Topliss-reactive ketones (excluding diaryl/α,β-unsaturated/α-hetero) is 1. The summed E-state index contributed by atoms with van der Waals surface area (Å²) >= 11 is 18.0. The fraction of sp³-hybridized carbons (Fsp3) is 0.538. The predicted octanol–water partition coefficient (Wildman–Crippen LogP) is 4.05. The van der Waals surface area contributed by atoms with Crippen molar-refractivity contribution in [1.82, 2.24) is 25.1 Å². The number of hydrogen-bond acceptors (Lipinski definition) is 7. The fourth-order valence-corrected chi connectivity index (χ4v) is 5.06. The normalized spacial score (nSPS) is 18.0. The number of nitrogens with zero attached hydrogens (tertiary/aromatic N) is 4. The van der Waals surface area contributed by atoms with Gasteiger partial charge in [-0.1, -0.05) is 48.4 Å². The van der Waals surface area contributed by atoms with Crippen molar-refractivity contribution in [3.63, 3.8) is 0 Å². The van der Waals surface area contributed by atoms with Gasteiger partial charge in [0.2, 0.25) is 0 Å². The van der Waals surface area contributed by atoms with Gasteiger partial charge in [-0.2, -0.15) is 0 Å². The summed E-state index contributed by atoms with van der Waals surface area (Å²) in [6.45, 7) is 9.43. The van der Waals surface area contributed by atoms with Crippen molar-refractivity contribution in [1.29, 1.82) is 0 Å². The van der Waals surface area contributed by atoms with E-state index in [9.17, 15) is 4.79 Å². The molecule has 10 heteroatoms. The lowest BCUT2D eigenvalue weighted by Gasteiger charge is -2.31. The molecule has 7 nitrogen and oxygen atoms in total. The molecule has 1 unspecified atom stereocenters. The Morgan fingerprint density at radius 3 is 2.64 bits per heavy atom. The molecule has 1 saturated heterocycles. The third kappa shape index (κ3) is 8.08. The molecular weight excluding hydrogens is 515 g/mol. The number of thiocarbonyl (C=S) groups is 1. The fourth-order valence-electron chi connectivity index (χ4n) is 4.39. The average molecular weight is 552 g/mol. The molecule has 2 heterocycles. The van der Waals surface area contributed by atoms with E-state index in [-0.39, 0.29) is 24.0 Å². The molecule has 1 atom stereocenters. The van der Waals surface area contributed by atoms with Crippen LogP contribution in [0.2, 0.25) is 10.0 Å². The lowest BCUT2D eigenvalue weighted by molar-refractivity contribution is -0.117. The molecule has 2 aromatic rings. The van der Waals surface area contributed by atoms with Gasteiger partial charge in [0.15, 0.2) is 0 Å². The zero-order chi connectivity index (χ0) is 26.3. The predicted molar refractivity (Wildman–Crippen MR) is 152 cm³/mol. The standard InChI is InChI=1S/C26H36Cl2N6OS/c1-5-34-10-8-26(17-34,25(36)29-9-11-33(3)4)16-30-23-12-18(2)31-24(32-23)15-20(35)13-19-6-7-21(27)22(28)14-19/h6-7,12,14H,5,8-11,13,15-17H2,1-4H3,(H,29,36)(H,30,31,32). The zero-order valence-corrected chi connectivity index (χ0v) is 23.9. The topological polar surface area (TPSA) is 73.4 Å². The maximum atomic E-state index is 12.7. The van der Waals surface area contributed by atoms with Gasteiger partial charge in [0.25, 0.3) is 0 Å². The Bertz CT molecular complexity index is 1080. The van der Waals surface area contributed by atoms with Crippen LogP contribution in [-0.2, 0) is 17.6 Å². The molecule has 36 heavy (non-hydrogen) atoms. The van der Waals surface area contributed by atoms with E-state index in [1.807, 2.05) is 19.1 Å². The van der Waals surface area contributed by atoms with Crippen LogP contribution in [0.1, 0.15) is 30.4 Å². The van der Waals surface area contributed by atoms with E-state index >= 15 is 0 Å². The number of halogens is 2. The molecule has 0 bridgehead atoms. The summed E-state index contributed by atoms with van der Waals surface area (Å²) in [5, 5.41) is 7.91. The summed E-state index contributed by atoms with van der Waals surface area (Å²) in [5.41, 5.74) is 1.46. The van der Waals surface area contributed by atoms with Crippen LogP contribution in [0.15, 0.2) is 24.3 Å². The van der Waals surface area contributed by atoms with Crippen LogP contribution >= 0.6 is 35.4 Å². The van der Waals surface area contributed by atoms with E-state index in [4.69, 9.17) is 35.4 Å². The Hall–Kier alpha value is -1.84. The first-order valence-corrected chi connectivity index (χ1v) is 13.5. The summed E-state index contributed by atoms with van der Waals surface area (Å²) in [7, 11) is 4.11. The van der Waals surface area contributed by atoms with Crippen molar-refractivity contribution in [3.8, 4) is 0 Å². The van der Waals surface area contributed by atoms with E-state index in [1.54, 1.807) is 12.1 Å². The molecule has 0 aliphatic carbocycles. The first-order valence-electron chi connectivity index (χ1n) is 12.3.